The number of benzene rings is 2. The highest BCUT2D eigenvalue weighted by atomic mass is 16.7. The van der Waals surface area contributed by atoms with E-state index in [-0.39, 0.29) is 0 Å². The molecular weight excluding hydrogens is 372 g/mol. The van der Waals surface area contributed by atoms with E-state index in [2.05, 4.69) is 5.32 Å². The lowest BCUT2D eigenvalue weighted by Gasteiger charge is -2.37. The topological polar surface area (TPSA) is 77.1 Å². The quantitative estimate of drug-likeness (QED) is 0.804. The number of amides is 2. The number of nitrogens with one attached hydrogen (secondary N) is 1. The van der Waals surface area contributed by atoms with Crippen LogP contribution in [0.1, 0.15) is 18.4 Å². The molecular formula is C22H24N2O5. The van der Waals surface area contributed by atoms with Crippen molar-refractivity contribution in [3.8, 4) is 5.75 Å². The molecule has 0 atom stereocenters. The number of rotatable bonds is 4. The van der Waals surface area contributed by atoms with Crippen LogP contribution in [0.4, 0.5) is 5.69 Å². The fourth-order valence-electron chi connectivity index (χ4n) is 3.54. The molecule has 0 aliphatic carbocycles. The number of hydrogen-bond donors (Lipinski definition) is 1. The third-order valence-corrected chi connectivity index (χ3v) is 5.18. The Hall–Kier alpha value is -2.90. The van der Waals surface area contributed by atoms with Crippen LogP contribution in [0.3, 0.4) is 0 Å². The van der Waals surface area contributed by atoms with Crippen LogP contribution < -0.4 is 10.1 Å². The summed E-state index contributed by atoms with van der Waals surface area (Å²) < 4.78 is 17.0. The number of likely N-dealkylation sites (tertiary alicyclic amines) is 1. The molecule has 0 radical (unpaired) electrons. The highest BCUT2D eigenvalue weighted by Gasteiger charge is 2.41. The van der Waals surface area contributed by atoms with Crippen LogP contribution in [-0.4, -0.2) is 48.8 Å². The van der Waals surface area contributed by atoms with E-state index in [1.165, 1.54) is 0 Å². The van der Waals surface area contributed by atoms with Gasteiger partial charge in [-0.05, 0) is 29.8 Å². The van der Waals surface area contributed by atoms with Crippen molar-refractivity contribution in [2.24, 2.45) is 0 Å². The van der Waals surface area contributed by atoms with Crippen LogP contribution in [0.5, 0.6) is 5.75 Å². The van der Waals surface area contributed by atoms with Gasteiger partial charge in [0, 0.05) is 31.6 Å². The van der Waals surface area contributed by atoms with Gasteiger partial charge in [0.05, 0.1) is 13.2 Å². The first-order valence-corrected chi connectivity index (χ1v) is 9.79. The van der Waals surface area contributed by atoms with Crippen molar-refractivity contribution in [2.75, 3.05) is 31.6 Å². The van der Waals surface area contributed by atoms with Crippen molar-refractivity contribution in [1.29, 1.82) is 0 Å². The number of carbonyl (C=O) groups is 2. The van der Waals surface area contributed by atoms with E-state index < -0.39 is 17.6 Å². The van der Waals surface area contributed by atoms with Gasteiger partial charge in [0.1, 0.15) is 12.4 Å². The number of anilines is 1. The molecule has 2 fully saturated rings. The van der Waals surface area contributed by atoms with E-state index >= 15 is 0 Å². The van der Waals surface area contributed by atoms with E-state index in [1.807, 2.05) is 30.3 Å². The minimum absolute atomic E-state index is 0.443. The van der Waals surface area contributed by atoms with Crippen LogP contribution in [0.25, 0.3) is 0 Å². The molecule has 7 nitrogen and oxygen atoms in total. The largest absolute Gasteiger partial charge is 0.489 e. The van der Waals surface area contributed by atoms with Crippen molar-refractivity contribution < 1.29 is 23.8 Å². The van der Waals surface area contributed by atoms with Crippen molar-refractivity contribution in [3.63, 3.8) is 0 Å². The molecule has 0 aromatic heterocycles. The third-order valence-electron chi connectivity index (χ3n) is 5.18. The molecule has 2 aromatic carbocycles. The first-order valence-electron chi connectivity index (χ1n) is 9.79. The van der Waals surface area contributed by atoms with E-state index in [1.54, 1.807) is 29.2 Å². The highest BCUT2D eigenvalue weighted by molar-refractivity contribution is 6.39. The van der Waals surface area contributed by atoms with Gasteiger partial charge in [0.2, 0.25) is 0 Å². The molecule has 0 unspecified atom stereocenters. The Morgan fingerprint density at radius 3 is 2.28 bits per heavy atom. The van der Waals surface area contributed by atoms with E-state index in [9.17, 15) is 9.59 Å². The first-order chi connectivity index (χ1) is 14.1. The fourth-order valence-corrected chi connectivity index (χ4v) is 3.54. The molecule has 2 saturated heterocycles. The number of nitrogens with zero attached hydrogens (tertiary/aromatic N) is 1. The summed E-state index contributed by atoms with van der Waals surface area (Å²) in [6.45, 7) is 2.52. The van der Waals surface area contributed by atoms with Gasteiger partial charge >= 0.3 is 11.8 Å². The monoisotopic (exact) mass is 396 g/mol. The fraction of sp³-hybridized carbons (Fsp3) is 0.364. The summed E-state index contributed by atoms with van der Waals surface area (Å²) in [5, 5.41) is 2.65. The van der Waals surface area contributed by atoms with Gasteiger partial charge in [-0.15, -0.1) is 0 Å². The number of ether oxygens (including phenoxy) is 3. The van der Waals surface area contributed by atoms with Crippen LogP contribution in [-0.2, 0) is 25.7 Å². The van der Waals surface area contributed by atoms with Crippen LogP contribution in [0.15, 0.2) is 54.6 Å². The number of carbonyl (C=O) groups excluding carboxylic acids is 2. The van der Waals surface area contributed by atoms with Gasteiger partial charge in [-0.3, -0.25) is 9.59 Å². The molecule has 7 heteroatoms. The van der Waals surface area contributed by atoms with E-state index in [0.717, 1.165) is 5.56 Å². The second kappa shape index (κ2) is 8.63. The van der Waals surface area contributed by atoms with Gasteiger partial charge in [-0.1, -0.05) is 30.3 Å². The normalized spacial score (nSPS) is 17.9. The molecule has 0 saturated carbocycles. The lowest BCUT2D eigenvalue weighted by Crippen LogP contribution is -2.50. The maximum atomic E-state index is 12.4. The van der Waals surface area contributed by atoms with Crippen molar-refractivity contribution >= 4 is 17.5 Å². The molecule has 4 rings (SSSR count). The molecule has 1 N–H and O–H groups in total. The Kier molecular flexibility index (Phi) is 5.78. The molecule has 2 heterocycles. The van der Waals surface area contributed by atoms with E-state index in [4.69, 9.17) is 14.2 Å². The van der Waals surface area contributed by atoms with E-state index in [0.29, 0.717) is 57.2 Å². The molecule has 0 bridgehead atoms. The van der Waals surface area contributed by atoms with Crippen LogP contribution in [0, 0.1) is 0 Å². The SMILES string of the molecule is O=C(Nc1ccc(OCc2ccccc2)cc1)C(=O)N1CCC2(CC1)OCCO2. The highest BCUT2D eigenvalue weighted by Crippen LogP contribution is 2.31. The molecule has 2 aliphatic heterocycles. The average Bonchev–Trinajstić information content (AvgIpc) is 3.22. The minimum atomic E-state index is -0.646. The summed E-state index contributed by atoms with van der Waals surface area (Å²) in [4.78, 5) is 26.3. The molecule has 29 heavy (non-hydrogen) atoms. The van der Waals surface area contributed by atoms with Gasteiger partial charge in [0.15, 0.2) is 5.79 Å². The van der Waals surface area contributed by atoms with Gasteiger partial charge in [-0.25, -0.2) is 0 Å². The summed E-state index contributed by atoms with van der Waals surface area (Å²) in [5.41, 5.74) is 1.62. The molecule has 2 amide bonds. The molecule has 152 valence electrons. The van der Waals surface area contributed by atoms with Crippen LogP contribution >= 0.6 is 0 Å². The zero-order chi connectivity index (χ0) is 20.1. The van der Waals surface area contributed by atoms with Gasteiger partial charge < -0.3 is 24.4 Å². The summed E-state index contributed by atoms with van der Waals surface area (Å²) in [5.74, 6) is -1.06. The zero-order valence-electron chi connectivity index (χ0n) is 16.1. The van der Waals surface area contributed by atoms with Crippen molar-refractivity contribution in [3.05, 3.63) is 60.2 Å². The second-order valence-electron chi connectivity index (χ2n) is 7.15. The molecule has 2 aliphatic rings. The zero-order valence-corrected chi connectivity index (χ0v) is 16.1. The lowest BCUT2D eigenvalue weighted by atomic mass is 10.0. The van der Waals surface area contributed by atoms with Gasteiger partial charge in [0.25, 0.3) is 0 Å². The Labute approximate surface area is 169 Å². The first kappa shape index (κ1) is 19.4. The predicted molar refractivity (Wildman–Crippen MR) is 106 cm³/mol. The molecule has 2 aromatic rings. The van der Waals surface area contributed by atoms with Crippen molar-refractivity contribution in [1.82, 2.24) is 4.90 Å². The van der Waals surface area contributed by atoms with Crippen molar-refractivity contribution in [2.45, 2.75) is 25.2 Å². The third kappa shape index (κ3) is 4.75. The van der Waals surface area contributed by atoms with Crippen LogP contribution in [0.2, 0.25) is 0 Å². The average molecular weight is 396 g/mol. The lowest BCUT2D eigenvalue weighted by molar-refractivity contribution is -0.187. The summed E-state index contributed by atoms with van der Waals surface area (Å²) in [7, 11) is 0. The number of hydrogen-bond acceptors (Lipinski definition) is 5. The maximum Gasteiger partial charge on any atom is 0.313 e. The van der Waals surface area contributed by atoms with Gasteiger partial charge in [-0.2, -0.15) is 0 Å². The minimum Gasteiger partial charge on any atom is -0.489 e. The molecule has 1 spiro atoms. The Morgan fingerprint density at radius 2 is 1.62 bits per heavy atom. The smallest absolute Gasteiger partial charge is 0.313 e. The second-order valence-corrected chi connectivity index (χ2v) is 7.15. The Balaban J connectivity index is 1.26. The predicted octanol–water partition coefficient (Wildman–Crippen LogP) is 2.57. The summed E-state index contributed by atoms with van der Waals surface area (Å²) in [6.07, 6.45) is 1.17. The standard InChI is InChI=1S/C22H24N2O5/c25-20(21(26)24-12-10-22(11-13-24)28-14-15-29-22)23-18-6-8-19(9-7-18)27-16-17-4-2-1-3-5-17/h1-9H,10-16H2,(H,23,25). The maximum absolute atomic E-state index is 12.4. The summed E-state index contributed by atoms with van der Waals surface area (Å²) in [6, 6.07) is 16.8. The Bertz CT molecular complexity index is 837. The summed E-state index contributed by atoms with van der Waals surface area (Å²) >= 11 is 0. The number of piperidine rings is 1. The Morgan fingerprint density at radius 1 is 0.966 bits per heavy atom.